The summed E-state index contributed by atoms with van der Waals surface area (Å²) in [4.78, 5) is 2.44. The summed E-state index contributed by atoms with van der Waals surface area (Å²) in [6.07, 6.45) is 0. The molecule has 8 aromatic carbocycles. The fourth-order valence-corrected chi connectivity index (χ4v) is 9.64. The minimum absolute atomic E-state index is 0.0458. The van der Waals surface area contributed by atoms with Crippen LogP contribution in [0.25, 0.3) is 66.1 Å². The molecule has 2 nitrogen and oxygen atoms in total. The molecule has 9 aromatic rings. The molecule has 0 bridgehead atoms. The zero-order valence-corrected chi connectivity index (χ0v) is 30.9. The van der Waals surface area contributed by atoms with E-state index in [1.54, 1.807) is 0 Å². The number of benzene rings is 8. The highest BCUT2D eigenvalue weighted by Crippen LogP contribution is 2.53. The fraction of sp³-hybridized carbons (Fsp3) is 0.115. The molecule has 0 unspecified atom stereocenters. The minimum atomic E-state index is -0.0458. The van der Waals surface area contributed by atoms with E-state index in [2.05, 4.69) is 184 Å². The maximum atomic E-state index is 6.35. The van der Waals surface area contributed by atoms with Gasteiger partial charge in [-0.05, 0) is 122 Å². The van der Waals surface area contributed by atoms with Gasteiger partial charge in [-0.3, -0.25) is 0 Å². The molecule has 0 radical (unpaired) electrons. The first-order chi connectivity index (χ1) is 26.3. The van der Waals surface area contributed by atoms with Crippen molar-refractivity contribution in [3.05, 3.63) is 186 Å². The van der Waals surface area contributed by atoms with E-state index < -0.39 is 0 Å². The Labute approximate surface area is 315 Å². The molecule has 2 aliphatic rings. The van der Waals surface area contributed by atoms with E-state index in [4.69, 9.17) is 4.42 Å². The predicted octanol–water partition coefficient (Wildman–Crippen LogP) is 14.5. The maximum absolute atomic E-state index is 6.35. The highest BCUT2D eigenvalue weighted by atomic mass is 16.3. The van der Waals surface area contributed by atoms with Crippen molar-refractivity contribution in [1.82, 2.24) is 0 Å². The van der Waals surface area contributed by atoms with Gasteiger partial charge in [-0.15, -0.1) is 0 Å². The normalized spacial score (nSPS) is 14.6. The lowest BCUT2D eigenvalue weighted by atomic mass is 9.82. The van der Waals surface area contributed by atoms with Crippen molar-refractivity contribution in [2.45, 2.75) is 38.5 Å². The molecule has 0 saturated carbocycles. The summed E-state index contributed by atoms with van der Waals surface area (Å²) in [5, 5.41) is 4.63. The highest BCUT2D eigenvalue weighted by Gasteiger charge is 2.37. The first kappa shape index (κ1) is 31.2. The molecule has 2 heteroatoms. The summed E-state index contributed by atoms with van der Waals surface area (Å²) in [6.45, 7) is 9.39. The fourth-order valence-electron chi connectivity index (χ4n) is 9.64. The summed E-state index contributed by atoms with van der Waals surface area (Å²) >= 11 is 0. The van der Waals surface area contributed by atoms with Gasteiger partial charge in [-0.25, -0.2) is 0 Å². The van der Waals surface area contributed by atoms with Gasteiger partial charge in [-0.1, -0.05) is 131 Å². The van der Waals surface area contributed by atoms with Crippen LogP contribution in [0.3, 0.4) is 0 Å². The highest BCUT2D eigenvalue weighted by molar-refractivity contribution is 6.15. The van der Waals surface area contributed by atoms with Gasteiger partial charge in [0.2, 0.25) is 0 Å². The van der Waals surface area contributed by atoms with Gasteiger partial charge >= 0.3 is 0 Å². The third-order valence-electron chi connectivity index (χ3n) is 12.5. The van der Waals surface area contributed by atoms with Crippen molar-refractivity contribution < 1.29 is 4.42 Å². The minimum Gasteiger partial charge on any atom is -0.455 e. The van der Waals surface area contributed by atoms with E-state index in [-0.39, 0.29) is 10.8 Å². The smallest absolute Gasteiger partial charge is 0.143 e. The van der Waals surface area contributed by atoms with Gasteiger partial charge in [-0.2, -0.15) is 0 Å². The van der Waals surface area contributed by atoms with E-state index in [0.717, 1.165) is 44.4 Å². The molecule has 0 saturated heterocycles. The van der Waals surface area contributed by atoms with Gasteiger partial charge in [0.25, 0.3) is 0 Å². The van der Waals surface area contributed by atoms with Gasteiger partial charge in [0, 0.05) is 44.1 Å². The molecule has 258 valence electrons. The average Bonchev–Trinajstić information content (AvgIpc) is 3.78. The zero-order chi connectivity index (χ0) is 36.3. The van der Waals surface area contributed by atoms with E-state index >= 15 is 0 Å². The van der Waals surface area contributed by atoms with Crippen LogP contribution in [0.15, 0.2) is 168 Å². The number of rotatable bonds is 4. The summed E-state index contributed by atoms with van der Waals surface area (Å²) in [5.74, 6) is 0. The van der Waals surface area contributed by atoms with Crippen LogP contribution in [0.5, 0.6) is 0 Å². The van der Waals surface area contributed by atoms with Crippen LogP contribution in [0, 0.1) is 0 Å². The molecular formula is C52H39NO. The Bertz CT molecular complexity index is 2890. The molecule has 0 fully saturated rings. The number of anilines is 3. The Balaban J connectivity index is 1.04. The van der Waals surface area contributed by atoms with Gasteiger partial charge in [0.05, 0.1) is 0 Å². The number of para-hydroxylation sites is 1. The SMILES string of the molecule is CC1(C)c2ccccc2-c2cc(N(c3ccc(-c4ccc5c(ccc6c7ccccc7oc56)c4)cc3)c3ccc4c(c3)-c3ccccc3C4(C)C)ccc21. The summed E-state index contributed by atoms with van der Waals surface area (Å²) in [5.41, 5.74) is 18.4. The summed E-state index contributed by atoms with van der Waals surface area (Å²) < 4.78 is 6.35. The molecular weight excluding hydrogens is 655 g/mol. The second-order valence-electron chi connectivity index (χ2n) is 16.2. The second-order valence-corrected chi connectivity index (χ2v) is 16.2. The Morgan fingerprint density at radius 3 is 1.56 bits per heavy atom. The lowest BCUT2D eigenvalue weighted by Crippen LogP contribution is -2.16. The molecule has 0 amide bonds. The Morgan fingerprint density at radius 1 is 0.389 bits per heavy atom. The number of hydrogen-bond acceptors (Lipinski definition) is 2. The van der Waals surface area contributed by atoms with Crippen LogP contribution in [0.4, 0.5) is 17.1 Å². The average molecular weight is 694 g/mol. The molecule has 0 spiro atoms. The monoisotopic (exact) mass is 693 g/mol. The second kappa shape index (κ2) is 11.1. The topological polar surface area (TPSA) is 16.4 Å². The quantitative estimate of drug-likeness (QED) is 0.182. The van der Waals surface area contributed by atoms with Crippen LogP contribution >= 0.6 is 0 Å². The van der Waals surface area contributed by atoms with Crippen LogP contribution in [0.2, 0.25) is 0 Å². The van der Waals surface area contributed by atoms with Crippen molar-refractivity contribution in [1.29, 1.82) is 0 Å². The first-order valence-corrected chi connectivity index (χ1v) is 19.0. The van der Waals surface area contributed by atoms with Crippen LogP contribution in [0.1, 0.15) is 49.9 Å². The van der Waals surface area contributed by atoms with Crippen LogP contribution in [-0.4, -0.2) is 0 Å². The molecule has 0 aliphatic heterocycles. The number of nitrogens with zero attached hydrogens (tertiary/aromatic N) is 1. The third-order valence-corrected chi connectivity index (χ3v) is 12.5. The largest absolute Gasteiger partial charge is 0.455 e. The molecule has 1 heterocycles. The Hall–Kier alpha value is -6.38. The summed E-state index contributed by atoms with van der Waals surface area (Å²) in [7, 11) is 0. The third kappa shape index (κ3) is 4.34. The summed E-state index contributed by atoms with van der Waals surface area (Å²) in [6, 6.07) is 60.5. The zero-order valence-electron chi connectivity index (χ0n) is 30.9. The molecule has 0 N–H and O–H groups in total. The Kier molecular flexibility index (Phi) is 6.39. The number of hydrogen-bond donors (Lipinski definition) is 0. The van der Waals surface area contributed by atoms with Crippen LogP contribution < -0.4 is 4.90 Å². The number of furan rings is 1. The van der Waals surface area contributed by atoms with E-state index in [1.165, 1.54) is 61.0 Å². The molecule has 11 rings (SSSR count). The van der Waals surface area contributed by atoms with Gasteiger partial charge in [0.15, 0.2) is 0 Å². The van der Waals surface area contributed by atoms with Crippen molar-refractivity contribution in [3.63, 3.8) is 0 Å². The number of fused-ring (bicyclic) bond motifs is 11. The molecule has 0 atom stereocenters. The molecule has 2 aliphatic carbocycles. The van der Waals surface area contributed by atoms with Crippen molar-refractivity contribution >= 4 is 49.8 Å². The van der Waals surface area contributed by atoms with Gasteiger partial charge < -0.3 is 9.32 Å². The Morgan fingerprint density at radius 2 is 0.907 bits per heavy atom. The van der Waals surface area contributed by atoms with Crippen molar-refractivity contribution in [2.75, 3.05) is 4.90 Å². The predicted molar refractivity (Wildman–Crippen MR) is 226 cm³/mol. The van der Waals surface area contributed by atoms with E-state index in [0.29, 0.717) is 0 Å². The maximum Gasteiger partial charge on any atom is 0.143 e. The van der Waals surface area contributed by atoms with Crippen LogP contribution in [-0.2, 0) is 10.8 Å². The van der Waals surface area contributed by atoms with Crippen molar-refractivity contribution in [3.8, 4) is 33.4 Å². The standard InChI is InChI=1S/C52H39NO/c1-51(2)45-14-8-5-11-39(45)43-30-36(23-27-47(43)51)53(37-24-28-48-44(31-37)40-12-6-9-15-46(40)52(48,3)4)35-21-17-32(18-22-35)33-19-25-38-34(29-33)20-26-42-41-13-7-10-16-49(41)54-50(38)42/h5-31H,1-4H3. The van der Waals surface area contributed by atoms with Gasteiger partial charge in [0.1, 0.15) is 11.2 Å². The van der Waals surface area contributed by atoms with E-state index in [9.17, 15) is 0 Å². The van der Waals surface area contributed by atoms with E-state index in [1.807, 2.05) is 12.1 Å². The van der Waals surface area contributed by atoms with Crippen molar-refractivity contribution in [2.24, 2.45) is 0 Å². The molecule has 54 heavy (non-hydrogen) atoms. The lowest BCUT2D eigenvalue weighted by Gasteiger charge is -2.28. The lowest BCUT2D eigenvalue weighted by molar-refractivity contribution is 0.660. The molecule has 1 aromatic heterocycles. The first-order valence-electron chi connectivity index (χ1n) is 19.0.